The summed E-state index contributed by atoms with van der Waals surface area (Å²) in [5.41, 5.74) is 5.08. The summed E-state index contributed by atoms with van der Waals surface area (Å²) in [7, 11) is 0. The van der Waals surface area contributed by atoms with Crippen LogP contribution in [0.4, 0.5) is 0 Å². The van der Waals surface area contributed by atoms with Crippen molar-refractivity contribution in [1.82, 2.24) is 0 Å². The highest BCUT2D eigenvalue weighted by atomic mass is 16.5. The van der Waals surface area contributed by atoms with E-state index in [0.29, 0.717) is 13.2 Å². The Morgan fingerprint density at radius 2 is 2.00 bits per heavy atom. The molecular formula is C12H8O. The first-order valence-corrected chi connectivity index (χ1v) is 4.16. The molecule has 2 bridgehead atoms. The minimum atomic E-state index is 0.447. The molecule has 0 atom stereocenters. The molecule has 0 N–H and O–H groups in total. The van der Waals surface area contributed by atoms with Crippen LogP contribution in [0.1, 0.15) is 6.42 Å². The lowest BCUT2D eigenvalue weighted by atomic mass is 10.1. The van der Waals surface area contributed by atoms with Crippen LogP contribution in [0.15, 0.2) is 29.0 Å². The van der Waals surface area contributed by atoms with Crippen LogP contribution in [-0.4, -0.2) is 13.2 Å². The average molecular weight is 168 g/mol. The quantitative estimate of drug-likeness (QED) is 0.393. The highest BCUT2D eigenvalue weighted by Crippen LogP contribution is 2.10. The molecule has 1 heteroatoms. The molecule has 62 valence electrons. The predicted molar refractivity (Wildman–Crippen MR) is 50.7 cm³/mol. The first-order chi connectivity index (χ1) is 6.45. The van der Waals surface area contributed by atoms with E-state index in [1.165, 1.54) is 0 Å². The van der Waals surface area contributed by atoms with Gasteiger partial charge in [-0.25, -0.2) is 0 Å². The van der Waals surface area contributed by atoms with Gasteiger partial charge in [0.1, 0.15) is 13.2 Å². The minimum Gasteiger partial charge on any atom is -0.356 e. The van der Waals surface area contributed by atoms with Crippen LogP contribution in [0, 0.1) is 23.7 Å². The van der Waals surface area contributed by atoms with Crippen molar-refractivity contribution in [2.45, 2.75) is 6.42 Å². The second kappa shape index (κ2) is 3.83. The van der Waals surface area contributed by atoms with E-state index in [9.17, 15) is 0 Å². The van der Waals surface area contributed by atoms with Gasteiger partial charge < -0.3 is 4.74 Å². The number of hydrogen-bond donors (Lipinski definition) is 0. The summed E-state index contributed by atoms with van der Waals surface area (Å²) in [5, 5.41) is 0. The van der Waals surface area contributed by atoms with Gasteiger partial charge in [-0.05, 0) is 12.2 Å². The van der Waals surface area contributed by atoms with Gasteiger partial charge in [0.15, 0.2) is 0 Å². The topological polar surface area (TPSA) is 9.23 Å². The standard InChI is InChI=1S/C12H8O/c1-4-11-6-2-8-13-9-3-7-12(5-1)10-11/h1,10H,4,8-9H2. The Labute approximate surface area is 77.8 Å². The van der Waals surface area contributed by atoms with Gasteiger partial charge in [0.05, 0.1) is 5.57 Å². The molecule has 0 unspecified atom stereocenters. The average Bonchev–Trinajstić information content (AvgIpc) is 2.17. The molecule has 0 spiro atoms. The third kappa shape index (κ3) is 2.14. The maximum atomic E-state index is 5.15. The van der Waals surface area contributed by atoms with Crippen LogP contribution in [0.2, 0.25) is 0 Å². The Kier molecular flexibility index (Phi) is 2.35. The van der Waals surface area contributed by atoms with Crippen LogP contribution >= 0.6 is 0 Å². The van der Waals surface area contributed by atoms with E-state index < -0.39 is 0 Å². The molecule has 1 heterocycles. The molecular weight excluding hydrogens is 160 g/mol. The number of rotatable bonds is 0. The molecule has 0 aromatic heterocycles. The van der Waals surface area contributed by atoms with Crippen molar-refractivity contribution in [3.05, 3.63) is 29.0 Å². The van der Waals surface area contributed by atoms with Crippen LogP contribution in [0.5, 0.6) is 0 Å². The van der Waals surface area contributed by atoms with E-state index in [-0.39, 0.29) is 0 Å². The fourth-order valence-corrected chi connectivity index (χ4v) is 1.14. The molecule has 0 aromatic rings. The van der Waals surface area contributed by atoms with Gasteiger partial charge in [-0.2, -0.15) is 0 Å². The number of hydrogen-bond acceptors (Lipinski definition) is 1. The second-order valence-electron chi connectivity index (χ2n) is 2.73. The first kappa shape index (κ1) is 7.96. The Balaban J connectivity index is 2.37. The first-order valence-electron chi connectivity index (χ1n) is 4.16. The Morgan fingerprint density at radius 3 is 2.92 bits per heavy atom. The van der Waals surface area contributed by atoms with Crippen LogP contribution in [0.25, 0.3) is 0 Å². The zero-order valence-electron chi connectivity index (χ0n) is 7.18. The summed E-state index contributed by atoms with van der Waals surface area (Å²) in [5.74, 6) is 11.9. The molecule has 0 saturated carbocycles. The van der Waals surface area contributed by atoms with Gasteiger partial charge in [0.2, 0.25) is 0 Å². The lowest BCUT2D eigenvalue weighted by Crippen LogP contribution is -1.94. The molecule has 0 amide bonds. The number of fused-ring (bicyclic) bond motifs is 1. The van der Waals surface area contributed by atoms with Gasteiger partial charge in [-0.1, -0.05) is 23.7 Å². The monoisotopic (exact) mass is 168 g/mol. The lowest BCUT2D eigenvalue weighted by Gasteiger charge is -2.00. The second-order valence-corrected chi connectivity index (χ2v) is 2.73. The summed E-state index contributed by atoms with van der Waals surface area (Å²) in [4.78, 5) is 0. The zero-order valence-corrected chi connectivity index (χ0v) is 7.18. The highest BCUT2D eigenvalue weighted by Gasteiger charge is 1.97. The molecule has 2 aliphatic rings. The molecule has 0 aromatic carbocycles. The van der Waals surface area contributed by atoms with Crippen molar-refractivity contribution in [3.63, 3.8) is 0 Å². The number of allylic oxidation sites excluding steroid dienone is 3. The molecule has 0 saturated heterocycles. The zero-order chi connectivity index (χ0) is 8.93. The van der Waals surface area contributed by atoms with Crippen LogP contribution < -0.4 is 0 Å². The highest BCUT2D eigenvalue weighted by molar-refractivity contribution is 5.47. The van der Waals surface area contributed by atoms with E-state index in [2.05, 4.69) is 29.4 Å². The normalized spacial score (nSPS) is 18.5. The maximum Gasteiger partial charge on any atom is 0.109 e. The number of ether oxygens (including phenoxy) is 1. The van der Waals surface area contributed by atoms with Crippen LogP contribution in [0.3, 0.4) is 0 Å². The Hall–Kier alpha value is -1.66. The van der Waals surface area contributed by atoms with Gasteiger partial charge in [0.25, 0.3) is 0 Å². The largest absolute Gasteiger partial charge is 0.356 e. The lowest BCUT2D eigenvalue weighted by molar-refractivity contribution is 0.204. The van der Waals surface area contributed by atoms with Crippen molar-refractivity contribution < 1.29 is 4.74 Å². The SMILES string of the molecule is C1=CCC2=CC=1C#CCOCC#C2. The summed E-state index contributed by atoms with van der Waals surface area (Å²) >= 11 is 0. The van der Waals surface area contributed by atoms with E-state index >= 15 is 0 Å². The van der Waals surface area contributed by atoms with Crippen molar-refractivity contribution in [2.75, 3.05) is 13.2 Å². The summed E-state index contributed by atoms with van der Waals surface area (Å²) in [6.45, 7) is 0.914. The molecule has 2 rings (SSSR count). The van der Waals surface area contributed by atoms with Crippen molar-refractivity contribution in [2.24, 2.45) is 0 Å². The van der Waals surface area contributed by atoms with Gasteiger partial charge in [-0.15, -0.1) is 5.73 Å². The molecule has 1 nitrogen and oxygen atoms in total. The van der Waals surface area contributed by atoms with Crippen LogP contribution in [-0.2, 0) is 4.74 Å². The molecule has 1 aliphatic carbocycles. The fourth-order valence-electron chi connectivity index (χ4n) is 1.14. The van der Waals surface area contributed by atoms with E-state index in [1.54, 1.807) is 0 Å². The summed E-state index contributed by atoms with van der Waals surface area (Å²) in [6.07, 6.45) is 4.82. The Bertz CT molecular complexity index is 423. The summed E-state index contributed by atoms with van der Waals surface area (Å²) in [6, 6.07) is 0. The van der Waals surface area contributed by atoms with Crippen molar-refractivity contribution in [1.29, 1.82) is 0 Å². The third-order valence-corrected chi connectivity index (χ3v) is 1.72. The van der Waals surface area contributed by atoms with Gasteiger partial charge in [-0.3, -0.25) is 0 Å². The van der Waals surface area contributed by atoms with Gasteiger partial charge >= 0.3 is 0 Å². The fraction of sp³-hybridized carbons (Fsp3) is 0.250. The smallest absolute Gasteiger partial charge is 0.109 e. The molecule has 0 radical (unpaired) electrons. The van der Waals surface area contributed by atoms with Crippen molar-refractivity contribution >= 4 is 0 Å². The van der Waals surface area contributed by atoms with E-state index in [0.717, 1.165) is 17.6 Å². The maximum absolute atomic E-state index is 5.15. The van der Waals surface area contributed by atoms with Crippen molar-refractivity contribution in [3.8, 4) is 23.7 Å². The minimum absolute atomic E-state index is 0.447. The summed E-state index contributed by atoms with van der Waals surface area (Å²) < 4.78 is 5.15. The Morgan fingerprint density at radius 1 is 1.15 bits per heavy atom. The molecule has 1 aliphatic heterocycles. The van der Waals surface area contributed by atoms with E-state index in [4.69, 9.17) is 4.74 Å². The van der Waals surface area contributed by atoms with Gasteiger partial charge in [0, 0.05) is 12.0 Å². The molecule has 0 fully saturated rings. The predicted octanol–water partition coefficient (Wildman–Crippen LogP) is 1.43. The third-order valence-electron chi connectivity index (χ3n) is 1.72. The molecule has 13 heavy (non-hydrogen) atoms. The van der Waals surface area contributed by atoms with E-state index in [1.807, 2.05) is 12.2 Å².